The number of amides is 3. The fraction of sp³-hybridized carbons (Fsp3) is 0.413. The first-order chi connectivity index (χ1) is 26.6. The van der Waals surface area contributed by atoms with Gasteiger partial charge in [0, 0.05) is 52.4 Å². The average molecular weight is 746 g/mol. The van der Waals surface area contributed by atoms with Crippen LogP contribution >= 0.6 is 0 Å². The van der Waals surface area contributed by atoms with E-state index in [1.54, 1.807) is 4.90 Å². The molecule has 0 saturated carbocycles. The Kier molecular flexibility index (Phi) is 15.9. The van der Waals surface area contributed by atoms with Gasteiger partial charge in [0.05, 0.1) is 18.9 Å². The number of ether oxygens (including phenoxy) is 1. The van der Waals surface area contributed by atoms with Crippen LogP contribution in [0.5, 0.6) is 0 Å². The topological polar surface area (TPSA) is 94.2 Å². The number of piperidine rings is 1. The fourth-order valence-electron chi connectivity index (χ4n) is 7.12. The van der Waals surface area contributed by atoms with Gasteiger partial charge < -0.3 is 20.3 Å². The van der Waals surface area contributed by atoms with E-state index in [9.17, 15) is 14.4 Å². The number of likely N-dealkylation sites (tertiary alicyclic amines) is 1. The number of hydrogen-bond donors (Lipinski definition) is 2. The van der Waals surface area contributed by atoms with Crippen molar-refractivity contribution in [1.29, 1.82) is 0 Å². The lowest BCUT2D eigenvalue weighted by Gasteiger charge is -2.41. The normalized spacial score (nSPS) is 17.7. The number of carbonyl (C=O) groups excluding carboxylic acids is 3. The summed E-state index contributed by atoms with van der Waals surface area (Å²) in [5.41, 5.74) is 4.09. The summed E-state index contributed by atoms with van der Waals surface area (Å²) in [5.74, 6) is 0.638. The first-order valence-electron chi connectivity index (χ1n) is 19.7. The standard InChI is InChI=1S/C25H33N3O3.C21H26N2O/c1-25(2,3)31-24(30)28-15-14-27(18-21-12-8-5-9-13-21)19-22(28)17-26-23(29)16-20-10-6-4-7-11-20;24-21(14-18-8-3-1-4-9-18)22-15-20-12-7-13-23(17-20)16-19-10-5-2-6-11-19/h4-13,22H,14-19H2,1-3H3,(H,26,29);1-6,8-11,20H,7,12-17H2,(H,22,24). The molecule has 2 atom stereocenters. The number of hydrogen-bond acceptors (Lipinski definition) is 6. The molecule has 55 heavy (non-hydrogen) atoms. The molecule has 2 saturated heterocycles. The third-order valence-electron chi connectivity index (χ3n) is 9.83. The molecule has 0 aromatic heterocycles. The number of carbonyl (C=O) groups is 3. The van der Waals surface area contributed by atoms with Crippen molar-refractivity contribution in [1.82, 2.24) is 25.3 Å². The summed E-state index contributed by atoms with van der Waals surface area (Å²) in [7, 11) is 0. The number of rotatable bonds is 12. The van der Waals surface area contributed by atoms with Crippen molar-refractivity contribution in [3.63, 3.8) is 0 Å². The fourth-order valence-corrected chi connectivity index (χ4v) is 7.12. The van der Waals surface area contributed by atoms with Crippen LogP contribution in [0.25, 0.3) is 0 Å². The smallest absolute Gasteiger partial charge is 0.410 e. The quantitative estimate of drug-likeness (QED) is 0.167. The molecule has 0 spiro atoms. The highest BCUT2D eigenvalue weighted by molar-refractivity contribution is 5.79. The van der Waals surface area contributed by atoms with E-state index in [4.69, 9.17) is 4.74 Å². The molecule has 2 unspecified atom stereocenters. The van der Waals surface area contributed by atoms with Gasteiger partial charge >= 0.3 is 6.09 Å². The molecule has 0 bridgehead atoms. The molecule has 3 amide bonds. The molecule has 0 radical (unpaired) electrons. The highest BCUT2D eigenvalue weighted by Crippen LogP contribution is 2.19. The van der Waals surface area contributed by atoms with E-state index in [1.165, 1.54) is 24.0 Å². The lowest BCUT2D eigenvalue weighted by atomic mass is 9.97. The first-order valence-corrected chi connectivity index (χ1v) is 19.7. The maximum atomic E-state index is 12.8. The summed E-state index contributed by atoms with van der Waals surface area (Å²) >= 11 is 0. The maximum Gasteiger partial charge on any atom is 0.410 e. The van der Waals surface area contributed by atoms with Crippen LogP contribution in [0.2, 0.25) is 0 Å². The summed E-state index contributed by atoms with van der Waals surface area (Å²) in [5, 5.41) is 6.14. The van der Waals surface area contributed by atoms with Gasteiger partial charge in [-0.2, -0.15) is 0 Å². The SMILES string of the molecule is CC(C)(C)OC(=O)N1CCN(Cc2ccccc2)CC1CNC(=O)Cc1ccccc1.O=C(Cc1ccccc1)NCC1CCCN(Cc2ccccc2)C1. The highest BCUT2D eigenvalue weighted by Gasteiger charge is 2.33. The van der Waals surface area contributed by atoms with Gasteiger partial charge in [0.1, 0.15) is 5.60 Å². The Labute approximate surface area is 328 Å². The lowest BCUT2D eigenvalue weighted by Crippen LogP contribution is -2.59. The molecule has 0 aliphatic carbocycles. The monoisotopic (exact) mass is 745 g/mol. The second-order valence-corrected chi connectivity index (χ2v) is 15.7. The van der Waals surface area contributed by atoms with Gasteiger partial charge in [-0.15, -0.1) is 0 Å². The van der Waals surface area contributed by atoms with Crippen molar-refractivity contribution in [2.24, 2.45) is 5.92 Å². The van der Waals surface area contributed by atoms with Crippen molar-refractivity contribution < 1.29 is 19.1 Å². The second-order valence-electron chi connectivity index (χ2n) is 15.7. The van der Waals surface area contributed by atoms with Crippen molar-refractivity contribution in [3.8, 4) is 0 Å². The molecule has 4 aromatic carbocycles. The molecular formula is C46H59N5O4. The molecule has 292 valence electrons. The number of nitrogens with zero attached hydrogens (tertiary/aromatic N) is 3. The molecule has 4 aromatic rings. The first kappa shape index (κ1) is 41.2. The van der Waals surface area contributed by atoms with Crippen LogP contribution in [0.15, 0.2) is 121 Å². The largest absolute Gasteiger partial charge is 0.444 e. The molecule has 6 rings (SSSR count). The Hall–Kier alpha value is -4.99. The van der Waals surface area contributed by atoms with Gasteiger partial charge in [0.15, 0.2) is 0 Å². The predicted octanol–water partition coefficient (Wildman–Crippen LogP) is 6.72. The minimum Gasteiger partial charge on any atom is -0.444 e. The zero-order valence-electron chi connectivity index (χ0n) is 32.9. The lowest BCUT2D eigenvalue weighted by molar-refractivity contribution is -0.121. The molecule has 2 N–H and O–H groups in total. The Morgan fingerprint density at radius 3 is 1.55 bits per heavy atom. The number of piperazine rings is 1. The highest BCUT2D eigenvalue weighted by atomic mass is 16.6. The van der Waals surface area contributed by atoms with E-state index in [0.717, 1.165) is 50.4 Å². The minimum absolute atomic E-state index is 0.0458. The van der Waals surface area contributed by atoms with Gasteiger partial charge in [-0.05, 0) is 68.3 Å². The van der Waals surface area contributed by atoms with Crippen molar-refractivity contribution in [2.45, 2.75) is 71.2 Å². The minimum atomic E-state index is -0.556. The van der Waals surface area contributed by atoms with E-state index >= 15 is 0 Å². The molecule has 9 nitrogen and oxygen atoms in total. The molecule has 2 aliphatic rings. The third kappa shape index (κ3) is 15.0. The van der Waals surface area contributed by atoms with Gasteiger partial charge in [-0.3, -0.25) is 19.4 Å². The van der Waals surface area contributed by atoms with E-state index in [0.29, 0.717) is 38.4 Å². The van der Waals surface area contributed by atoms with Crippen LogP contribution in [0.3, 0.4) is 0 Å². The van der Waals surface area contributed by atoms with Crippen molar-refractivity contribution in [3.05, 3.63) is 144 Å². The second kappa shape index (κ2) is 21.2. The Morgan fingerprint density at radius 2 is 1.05 bits per heavy atom. The Bertz CT molecular complexity index is 1730. The Morgan fingerprint density at radius 1 is 0.600 bits per heavy atom. The number of nitrogens with one attached hydrogen (secondary N) is 2. The molecule has 2 fully saturated rings. The van der Waals surface area contributed by atoms with E-state index < -0.39 is 5.60 Å². The van der Waals surface area contributed by atoms with Gasteiger partial charge in [0.25, 0.3) is 0 Å². The van der Waals surface area contributed by atoms with Crippen molar-refractivity contribution >= 4 is 17.9 Å². The summed E-state index contributed by atoms with van der Waals surface area (Å²) in [6.45, 7) is 12.9. The number of benzene rings is 4. The van der Waals surface area contributed by atoms with Crippen LogP contribution < -0.4 is 10.6 Å². The average Bonchev–Trinajstić information content (AvgIpc) is 3.18. The zero-order chi connectivity index (χ0) is 38.9. The molecule has 2 aliphatic heterocycles. The summed E-state index contributed by atoms with van der Waals surface area (Å²) in [6, 6.07) is 40.4. The van der Waals surface area contributed by atoms with Crippen molar-refractivity contribution in [2.75, 3.05) is 45.8 Å². The van der Waals surface area contributed by atoms with E-state index in [-0.39, 0.29) is 23.9 Å². The van der Waals surface area contributed by atoms with Gasteiger partial charge in [-0.25, -0.2) is 4.79 Å². The van der Waals surface area contributed by atoms with Gasteiger partial charge in [-0.1, -0.05) is 121 Å². The maximum absolute atomic E-state index is 12.8. The zero-order valence-corrected chi connectivity index (χ0v) is 32.9. The van der Waals surface area contributed by atoms with Gasteiger partial charge in [0.2, 0.25) is 11.8 Å². The molecular weight excluding hydrogens is 687 g/mol. The van der Waals surface area contributed by atoms with Crippen LogP contribution in [0.1, 0.15) is 55.9 Å². The van der Waals surface area contributed by atoms with Crippen LogP contribution in [0, 0.1) is 5.92 Å². The molecule has 2 heterocycles. The summed E-state index contributed by atoms with van der Waals surface area (Å²) < 4.78 is 5.62. The third-order valence-corrected chi connectivity index (χ3v) is 9.83. The summed E-state index contributed by atoms with van der Waals surface area (Å²) in [4.78, 5) is 44.0. The molecule has 9 heteroatoms. The Balaban J connectivity index is 0.000000218. The van der Waals surface area contributed by atoms with Crippen LogP contribution in [-0.4, -0.2) is 90.1 Å². The summed E-state index contributed by atoms with van der Waals surface area (Å²) in [6.07, 6.45) is 2.90. The van der Waals surface area contributed by atoms with Crippen LogP contribution in [-0.2, 0) is 40.3 Å². The predicted molar refractivity (Wildman–Crippen MR) is 219 cm³/mol. The van der Waals surface area contributed by atoms with E-state index in [1.807, 2.05) is 99.6 Å². The van der Waals surface area contributed by atoms with Crippen LogP contribution in [0.4, 0.5) is 4.79 Å². The van der Waals surface area contributed by atoms with E-state index in [2.05, 4.69) is 62.9 Å².